The summed E-state index contributed by atoms with van der Waals surface area (Å²) < 4.78 is 0. The molecule has 1 amide bonds. The second-order valence-corrected chi connectivity index (χ2v) is 4.11. The lowest BCUT2D eigenvalue weighted by molar-refractivity contribution is -0.129. The zero-order valence-corrected chi connectivity index (χ0v) is 9.53. The van der Waals surface area contributed by atoms with Gasteiger partial charge >= 0.3 is 0 Å². The fraction of sp³-hybridized carbons (Fsp3) is 0.727. The maximum Gasteiger partial charge on any atom is 0.246 e. The Kier molecular flexibility index (Phi) is 3.69. The van der Waals surface area contributed by atoms with E-state index in [9.17, 15) is 4.79 Å². The molecule has 0 N–H and O–H groups in total. The number of carbonyl (C=O) groups is 1. The molecule has 1 fully saturated rings. The predicted molar refractivity (Wildman–Crippen MR) is 58.1 cm³/mol. The topological polar surface area (TPSA) is 23.6 Å². The van der Waals surface area contributed by atoms with E-state index in [1.165, 1.54) is 0 Å². The molecule has 1 aliphatic rings. The molecule has 0 aromatic rings. The molecule has 3 nitrogen and oxygen atoms in total. The Morgan fingerprint density at radius 1 is 1.29 bits per heavy atom. The molecule has 1 aliphatic heterocycles. The van der Waals surface area contributed by atoms with Crippen LogP contribution in [0.3, 0.4) is 0 Å². The minimum atomic E-state index is 0.138. The van der Waals surface area contributed by atoms with Crippen LogP contribution in [0.1, 0.15) is 20.8 Å². The van der Waals surface area contributed by atoms with Crippen LogP contribution >= 0.6 is 0 Å². The van der Waals surface area contributed by atoms with Gasteiger partial charge in [-0.05, 0) is 33.9 Å². The summed E-state index contributed by atoms with van der Waals surface area (Å²) in [5.41, 5.74) is 0. The largest absolute Gasteiger partial charge is 0.336 e. The first-order chi connectivity index (χ1) is 6.56. The van der Waals surface area contributed by atoms with Crippen LogP contribution in [-0.2, 0) is 4.79 Å². The van der Waals surface area contributed by atoms with E-state index in [0.717, 1.165) is 13.1 Å². The van der Waals surface area contributed by atoms with Crippen LogP contribution in [0.15, 0.2) is 12.2 Å². The van der Waals surface area contributed by atoms with Gasteiger partial charge in [0.1, 0.15) is 0 Å². The van der Waals surface area contributed by atoms with E-state index >= 15 is 0 Å². The molecule has 1 heterocycles. The van der Waals surface area contributed by atoms with Gasteiger partial charge in [0.25, 0.3) is 0 Å². The summed E-state index contributed by atoms with van der Waals surface area (Å²) in [7, 11) is 2.12. The zero-order valence-electron chi connectivity index (χ0n) is 9.53. The lowest BCUT2D eigenvalue weighted by Gasteiger charge is -2.42. The molecule has 1 saturated heterocycles. The summed E-state index contributed by atoms with van der Waals surface area (Å²) in [6.07, 6.45) is 3.45. The lowest BCUT2D eigenvalue weighted by Crippen LogP contribution is -2.56. The van der Waals surface area contributed by atoms with Crippen LogP contribution in [0, 0.1) is 0 Å². The third-order valence-corrected chi connectivity index (χ3v) is 2.98. The standard InChI is InChI=1S/C11H20N2O/c1-5-6-11(14)13-7-9(2)12(4)10(3)8-13/h5-6,9-10H,7-8H2,1-4H3/b6-5+. The van der Waals surface area contributed by atoms with Crippen LogP contribution < -0.4 is 0 Å². The first-order valence-corrected chi connectivity index (χ1v) is 5.19. The summed E-state index contributed by atoms with van der Waals surface area (Å²) in [6.45, 7) is 7.87. The van der Waals surface area contributed by atoms with Crippen molar-refractivity contribution in [1.82, 2.24) is 9.80 Å². The Hall–Kier alpha value is -0.830. The second kappa shape index (κ2) is 4.60. The van der Waals surface area contributed by atoms with Gasteiger partial charge in [-0.1, -0.05) is 6.08 Å². The number of allylic oxidation sites excluding steroid dienone is 1. The van der Waals surface area contributed by atoms with Crippen molar-refractivity contribution in [3.05, 3.63) is 12.2 Å². The SMILES string of the molecule is C/C=C/C(=O)N1CC(C)N(C)C(C)C1. The van der Waals surface area contributed by atoms with Crippen molar-refractivity contribution in [3.63, 3.8) is 0 Å². The van der Waals surface area contributed by atoms with Crippen molar-refractivity contribution in [3.8, 4) is 0 Å². The Morgan fingerprint density at radius 3 is 2.21 bits per heavy atom. The molecule has 0 aromatic heterocycles. The maximum atomic E-state index is 11.6. The Balaban J connectivity index is 2.62. The van der Waals surface area contributed by atoms with Gasteiger partial charge in [0.15, 0.2) is 0 Å². The quantitative estimate of drug-likeness (QED) is 0.587. The Labute approximate surface area is 86.4 Å². The van der Waals surface area contributed by atoms with E-state index in [-0.39, 0.29) is 5.91 Å². The van der Waals surface area contributed by atoms with Gasteiger partial charge in [0.05, 0.1) is 0 Å². The first-order valence-electron chi connectivity index (χ1n) is 5.19. The van der Waals surface area contributed by atoms with Gasteiger partial charge in [-0.2, -0.15) is 0 Å². The number of carbonyl (C=O) groups excluding carboxylic acids is 1. The van der Waals surface area contributed by atoms with Crippen molar-refractivity contribution in [1.29, 1.82) is 0 Å². The first kappa shape index (κ1) is 11.2. The van der Waals surface area contributed by atoms with Crippen LogP contribution in [0.4, 0.5) is 0 Å². The van der Waals surface area contributed by atoms with Gasteiger partial charge in [0.2, 0.25) is 5.91 Å². The highest BCUT2D eigenvalue weighted by Crippen LogP contribution is 2.13. The number of hydrogen-bond donors (Lipinski definition) is 0. The van der Waals surface area contributed by atoms with Crippen LogP contribution in [0.25, 0.3) is 0 Å². The third-order valence-electron chi connectivity index (χ3n) is 2.98. The monoisotopic (exact) mass is 196 g/mol. The number of rotatable bonds is 1. The molecule has 80 valence electrons. The Morgan fingerprint density at radius 2 is 1.79 bits per heavy atom. The van der Waals surface area contributed by atoms with Crippen molar-refractivity contribution in [2.45, 2.75) is 32.9 Å². The highest BCUT2D eigenvalue weighted by atomic mass is 16.2. The molecule has 14 heavy (non-hydrogen) atoms. The molecule has 2 atom stereocenters. The van der Waals surface area contributed by atoms with E-state index < -0.39 is 0 Å². The van der Waals surface area contributed by atoms with Gasteiger partial charge in [0, 0.05) is 25.2 Å². The number of amides is 1. The third kappa shape index (κ3) is 2.35. The van der Waals surface area contributed by atoms with E-state index in [0.29, 0.717) is 12.1 Å². The molecule has 0 bridgehead atoms. The highest BCUT2D eigenvalue weighted by Gasteiger charge is 2.27. The van der Waals surface area contributed by atoms with E-state index in [1.807, 2.05) is 11.8 Å². The van der Waals surface area contributed by atoms with Crippen molar-refractivity contribution in [2.24, 2.45) is 0 Å². The normalized spacial score (nSPS) is 29.9. The molecule has 0 radical (unpaired) electrons. The van der Waals surface area contributed by atoms with Crippen LogP contribution in [0.5, 0.6) is 0 Å². The minimum absolute atomic E-state index is 0.138. The van der Waals surface area contributed by atoms with Gasteiger partial charge in [-0.3, -0.25) is 9.69 Å². The molecule has 0 aromatic carbocycles. The van der Waals surface area contributed by atoms with Gasteiger partial charge in [-0.15, -0.1) is 0 Å². The molecule has 0 spiro atoms. The maximum absolute atomic E-state index is 11.6. The summed E-state index contributed by atoms with van der Waals surface area (Å²) in [4.78, 5) is 15.9. The van der Waals surface area contributed by atoms with E-state index in [4.69, 9.17) is 0 Å². The summed E-state index contributed by atoms with van der Waals surface area (Å²) >= 11 is 0. The van der Waals surface area contributed by atoms with Crippen molar-refractivity contribution < 1.29 is 4.79 Å². The van der Waals surface area contributed by atoms with Gasteiger partial charge in [-0.25, -0.2) is 0 Å². The zero-order chi connectivity index (χ0) is 10.7. The number of likely N-dealkylation sites (N-methyl/N-ethyl adjacent to an activating group) is 1. The molecule has 3 heteroatoms. The predicted octanol–water partition coefficient (Wildman–Crippen LogP) is 1.11. The summed E-state index contributed by atoms with van der Waals surface area (Å²) in [5.74, 6) is 0.138. The number of nitrogens with zero attached hydrogens (tertiary/aromatic N) is 2. The molecular formula is C11H20N2O. The molecule has 1 rings (SSSR count). The highest BCUT2D eigenvalue weighted by molar-refractivity contribution is 5.87. The average molecular weight is 196 g/mol. The number of hydrogen-bond acceptors (Lipinski definition) is 2. The lowest BCUT2D eigenvalue weighted by atomic mass is 10.1. The van der Waals surface area contributed by atoms with Gasteiger partial charge < -0.3 is 4.90 Å². The summed E-state index contributed by atoms with van der Waals surface area (Å²) in [5, 5.41) is 0. The smallest absolute Gasteiger partial charge is 0.246 e. The van der Waals surface area contributed by atoms with Crippen molar-refractivity contribution in [2.75, 3.05) is 20.1 Å². The summed E-state index contributed by atoms with van der Waals surface area (Å²) in [6, 6.07) is 0.904. The fourth-order valence-electron chi connectivity index (χ4n) is 1.83. The molecular weight excluding hydrogens is 176 g/mol. The fourth-order valence-corrected chi connectivity index (χ4v) is 1.83. The van der Waals surface area contributed by atoms with E-state index in [2.05, 4.69) is 25.8 Å². The van der Waals surface area contributed by atoms with Crippen molar-refractivity contribution >= 4 is 5.91 Å². The molecule has 0 aliphatic carbocycles. The molecule has 2 unspecified atom stereocenters. The Bertz CT molecular complexity index is 225. The molecule has 0 saturated carbocycles. The number of piperazine rings is 1. The average Bonchev–Trinajstić information content (AvgIpc) is 2.13. The van der Waals surface area contributed by atoms with Crippen LogP contribution in [0.2, 0.25) is 0 Å². The minimum Gasteiger partial charge on any atom is -0.336 e. The van der Waals surface area contributed by atoms with E-state index in [1.54, 1.807) is 12.2 Å². The van der Waals surface area contributed by atoms with Crippen LogP contribution in [-0.4, -0.2) is 47.9 Å². The second-order valence-electron chi connectivity index (χ2n) is 4.11.